The third-order valence-electron chi connectivity index (χ3n) is 6.20. The number of carbonyl (C=O) groups is 1. The van der Waals surface area contributed by atoms with Crippen molar-refractivity contribution in [2.75, 3.05) is 10.6 Å². The molecule has 0 saturated heterocycles. The molecule has 1 amide bonds. The summed E-state index contributed by atoms with van der Waals surface area (Å²) in [6, 6.07) is 24.1. The number of aryl methyl sites for hydroxylation is 2. The van der Waals surface area contributed by atoms with Gasteiger partial charge in [-0.05, 0) is 84.7 Å². The molecular weight excluding hydrogens is 564 g/mol. The Morgan fingerprint density at radius 1 is 1.00 bits per heavy atom. The van der Waals surface area contributed by atoms with Crippen LogP contribution in [0.15, 0.2) is 88.4 Å². The fourth-order valence-corrected chi connectivity index (χ4v) is 5.54. The van der Waals surface area contributed by atoms with Crippen molar-refractivity contribution in [2.24, 2.45) is 5.10 Å². The van der Waals surface area contributed by atoms with Crippen LogP contribution in [0.5, 0.6) is 0 Å². The van der Waals surface area contributed by atoms with E-state index >= 15 is 0 Å². The second-order valence-corrected chi connectivity index (χ2v) is 11.9. The minimum Gasteiger partial charge on any atom is -0.317 e. The number of halogens is 1. The van der Waals surface area contributed by atoms with Crippen molar-refractivity contribution < 1.29 is 13.2 Å². The Balaban J connectivity index is 1.47. The number of amides is 1. The molecule has 0 saturated carbocycles. The zero-order chi connectivity index (χ0) is 27.4. The molecule has 0 aliphatic rings. The average molecular weight is 594 g/mol. The fraction of sp³-hybridized carbons (Fsp3) is 0.172. The molecule has 4 rings (SSSR count). The van der Waals surface area contributed by atoms with E-state index in [2.05, 4.69) is 31.0 Å². The molecule has 7 nitrogen and oxygen atoms in total. The van der Waals surface area contributed by atoms with Crippen molar-refractivity contribution in [2.45, 2.75) is 27.3 Å². The lowest BCUT2D eigenvalue weighted by Crippen LogP contribution is -2.29. The normalized spacial score (nSPS) is 11.6. The zero-order valence-corrected chi connectivity index (χ0v) is 24.0. The van der Waals surface area contributed by atoms with Crippen LogP contribution in [0.1, 0.15) is 38.4 Å². The zero-order valence-electron chi connectivity index (χ0n) is 21.6. The van der Waals surface area contributed by atoms with Gasteiger partial charge in [0.05, 0.1) is 30.4 Å². The van der Waals surface area contributed by atoms with Crippen LogP contribution in [0.4, 0.5) is 5.69 Å². The number of hydrogen-bond donors (Lipinski definition) is 1. The van der Waals surface area contributed by atoms with Gasteiger partial charge in [0, 0.05) is 27.0 Å². The van der Waals surface area contributed by atoms with Gasteiger partial charge >= 0.3 is 0 Å². The predicted octanol–water partition coefficient (Wildman–Crippen LogP) is 5.90. The maximum absolute atomic E-state index is 12.7. The van der Waals surface area contributed by atoms with Crippen LogP contribution in [0.2, 0.25) is 0 Å². The number of benzene rings is 3. The summed E-state index contributed by atoms with van der Waals surface area (Å²) >= 11 is 3.60. The first-order valence-electron chi connectivity index (χ1n) is 11.9. The molecule has 3 aromatic carbocycles. The Morgan fingerprint density at radius 2 is 1.66 bits per heavy atom. The first-order valence-corrected chi connectivity index (χ1v) is 14.6. The number of sulfonamides is 1. The number of para-hydroxylation sites is 1. The Morgan fingerprint density at radius 3 is 2.29 bits per heavy atom. The van der Waals surface area contributed by atoms with Crippen LogP contribution < -0.4 is 9.73 Å². The number of hydrazone groups is 1. The van der Waals surface area contributed by atoms with Gasteiger partial charge < -0.3 is 4.57 Å². The highest BCUT2D eigenvalue weighted by molar-refractivity contribution is 9.10. The molecular formula is C29H29BrN4O3S. The number of anilines is 1. The van der Waals surface area contributed by atoms with E-state index in [4.69, 9.17) is 0 Å². The Hall–Kier alpha value is -3.69. The molecule has 0 bridgehead atoms. The van der Waals surface area contributed by atoms with Crippen molar-refractivity contribution in [3.05, 3.63) is 117 Å². The van der Waals surface area contributed by atoms with Gasteiger partial charge in [0.15, 0.2) is 0 Å². The lowest BCUT2D eigenvalue weighted by molar-refractivity contribution is 0.0955. The molecule has 0 radical (unpaired) electrons. The first-order chi connectivity index (χ1) is 18.0. The van der Waals surface area contributed by atoms with E-state index in [1.807, 2.05) is 75.4 Å². The number of aromatic nitrogens is 1. The summed E-state index contributed by atoms with van der Waals surface area (Å²) in [6.07, 6.45) is 2.79. The SMILES string of the molecule is Cc1ccc(CN(c2ccc(C(=O)N/N=C\c3cc(C)n(-c4ccccc4Br)c3C)cc2)S(C)(=O)=O)cc1. The Bertz CT molecular complexity index is 1590. The summed E-state index contributed by atoms with van der Waals surface area (Å²) in [7, 11) is -3.53. The molecule has 38 heavy (non-hydrogen) atoms. The summed E-state index contributed by atoms with van der Waals surface area (Å²) < 4.78 is 29.4. The molecule has 9 heteroatoms. The first kappa shape index (κ1) is 27.3. The van der Waals surface area contributed by atoms with E-state index in [-0.39, 0.29) is 6.54 Å². The fourth-order valence-electron chi connectivity index (χ4n) is 4.19. The standard InChI is InChI=1S/C29H29BrN4O3S/c1-20-9-11-23(12-10-20)19-33(38(4,36)37)26-15-13-24(14-16-26)29(35)32-31-18-25-17-21(2)34(22(25)3)28-8-6-5-7-27(28)30/h5-18H,19H2,1-4H3,(H,32,35)/b31-18-. The molecule has 1 N–H and O–H groups in total. The van der Waals surface area contributed by atoms with Crippen LogP contribution in [0.25, 0.3) is 5.69 Å². The topological polar surface area (TPSA) is 83.8 Å². The van der Waals surface area contributed by atoms with Crippen LogP contribution in [-0.4, -0.2) is 31.4 Å². The lowest BCUT2D eigenvalue weighted by atomic mass is 10.1. The minimum atomic E-state index is -3.53. The third-order valence-corrected chi connectivity index (χ3v) is 8.01. The summed E-state index contributed by atoms with van der Waals surface area (Å²) in [5.74, 6) is -0.392. The van der Waals surface area contributed by atoms with Gasteiger partial charge in [0.1, 0.15) is 0 Å². The molecule has 0 fully saturated rings. The highest BCUT2D eigenvalue weighted by Crippen LogP contribution is 2.26. The van der Waals surface area contributed by atoms with Gasteiger partial charge in [-0.25, -0.2) is 13.8 Å². The van der Waals surface area contributed by atoms with Crippen molar-refractivity contribution in [1.29, 1.82) is 0 Å². The smallest absolute Gasteiger partial charge is 0.271 e. The molecule has 0 spiro atoms. The van der Waals surface area contributed by atoms with Crippen LogP contribution >= 0.6 is 15.9 Å². The number of nitrogens with one attached hydrogen (secondary N) is 1. The van der Waals surface area contributed by atoms with E-state index in [1.54, 1.807) is 30.5 Å². The van der Waals surface area contributed by atoms with Crippen molar-refractivity contribution in [1.82, 2.24) is 9.99 Å². The highest BCUT2D eigenvalue weighted by Gasteiger charge is 2.18. The van der Waals surface area contributed by atoms with E-state index in [1.165, 1.54) is 10.6 Å². The van der Waals surface area contributed by atoms with Crippen molar-refractivity contribution in [3.8, 4) is 5.69 Å². The predicted molar refractivity (Wildman–Crippen MR) is 157 cm³/mol. The summed E-state index contributed by atoms with van der Waals surface area (Å²) in [4.78, 5) is 12.7. The van der Waals surface area contributed by atoms with Gasteiger partial charge in [-0.1, -0.05) is 42.0 Å². The van der Waals surface area contributed by atoms with Gasteiger partial charge in [0.25, 0.3) is 5.91 Å². The number of hydrogen-bond acceptors (Lipinski definition) is 4. The van der Waals surface area contributed by atoms with Crippen molar-refractivity contribution >= 4 is 43.8 Å². The minimum absolute atomic E-state index is 0.201. The highest BCUT2D eigenvalue weighted by atomic mass is 79.9. The van der Waals surface area contributed by atoms with Crippen LogP contribution in [0.3, 0.4) is 0 Å². The quantitative estimate of drug-likeness (QED) is 0.204. The Labute approximate surface area is 232 Å². The van der Waals surface area contributed by atoms with E-state index in [0.29, 0.717) is 11.3 Å². The molecule has 1 aromatic heterocycles. The van der Waals surface area contributed by atoms with E-state index in [0.717, 1.165) is 38.2 Å². The second kappa shape index (κ2) is 11.4. The van der Waals surface area contributed by atoms with Gasteiger partial charge in [0.2, 0.25) is 10.0 Å². The number of nitrogens with zero attached hydrogens (tertiary/aromatic N) is 3. The summed E-state index contributed by atoms with van der Waals surface area (Å²) in [5.41, 5.74) is 9.32. The average Bonchev–Trinajstić information content (AvgIpc) is 3.16. The largest absolute Gasteiger partial charge is 0.317 e. The van der Waals surface area contributed by atoms with E-state index in [9.17, 15) is 13.2 Å². The molecule has 0 aliphatic heterocycles. The summed E-state index contributed by atoms with van der Waals surface area (Å²) in [6.45, 7) is 6.20. The molecule has 196 valence electrons. The monoisotopic (exact) mass is 592 g/mol. The summed E-state index contributed by atoms with van der Waals surface area (Å²) in [5, 5.41) is 4.15. The molecule has 0 aliphatic carbocycles. The molecule has 0 atom stereocenters. The van der Waals surface area contributed by atoms with E-state index < -0.39 is 15.9 Å². The second-order valence-electron chi connectivity index (χ2n) is 9.11. The molecule has 1 heterocycles. The Kier molecular flexibility index (Phi) is 8.18. The maximum atomic E-state index is 12.7. The maximum Gasteiger partial charge on any atom is 0.271 e. The lowest BCUT2D eigenvalue weighted by Gasteiger charge is -2.22. The number of carbonyl (C=O) groups excluding carboxylic acids is 1. The molecule has 4 aromatic rings. The van der Waals surface area contributed by atoms with Crippen molar-refractivity contribution in [3.63, 3.8) is 0 Å². The van der Waals surface area contributed by atoms with Crippen LogP contribution in [-0.2, 0) is 16.6 Å². The van der Waals surface area contributed by atoms with Crippen LogP contribution in [0, 0.1) is 20.8 Å². The van der Waals surface area contributed by atoms with Gasteiger partial charge in [-0.2, -0.15) is 5.10 Å². The third kappa shape index (κ3) is 6.23. The number of rotatable bonds is 8. The van der Waals surface area contributed by atoms with Gasteiger partial charge in [-0.3, -0.25) is 9.10 Å². The van der Waals surface area contributed by atoms with Gasteiger partial charge in [-0.15, -0.1) is 0 Å². The molecule has 0 unspecified atom stereocenters.